The van der Waals surface area contributed by atoms with Gasteiger partial charge in [0.15, 0.2) is 5.96 Å². The predicted octanol–water partition coefficient (Wildman–Crippen LogP) is 2.52. The fourth-order valence-corrected chi connectivity index (χ4v) is 2.63. The number of fused-ring (bicyclic) bond motifs is 1. The molecule has 1 aliphatic heterocycles. The molecular formula is C17H17N5. The highest BCUT2D eigenvalue weighted by Gasteiger charge is 2.07. The lowest BCUT2D eigenvalue weighted by Crippen LogP contribution is -2.26. The van der Waals surface area contributed by atoms with Crippen LogP contribution in [0.5, 0.6) is 0 Å². The van der Waals surface area contributed by atoms with E-state index in [9.17, 15) is 0 Å². The summed E-state index contributed by atoms with van der Waals surface area (Å²) in [5.74, 6) is 1.82. The van der Waals surface area contributed by atoms with Crippen LogP contribution in [-0.4, -0.2) is 29.0 Å². The minimum absolute atomic E-state index is 0.812. The highest BCUT2D eigenvalue weighted by Crippen LogP contribution is 2.18. The van der Waals surface area contributed by atoms with Gasteiger partial charge in [-0.15, -0.1) is 0 Å². The van der Waals surface area contributed by atoms with Crippen molar-refractivity contribution in [3.8, 4) is 0 Å². The summed E-state index contributed by atoms with van der Waals surface area (Å²) in [7, 11) is 0. The molecule has 1 aliphatic rings. The Labute approximate surface area is 128 Å². The van der Waals surface area contributed by atoms with E-state index < -0.39 is 0 Å². The van der Waals surface area contributed by atoms with Gasteiger partial charge in [0.25, 0.3) is 0 Å². The number of imidazole rings is 1. The average Bonchev–Trinajstić information content (AvgIpc) is 3.17. The van der Waals surface area contributed by atoms with Crippen LogP contribution in [-0.2, 0) is 6.42 Å². The Morgan fingerprint density at radius 3 is 2.82 bits per heavy atom. The van der Waals surface area contributed by atoms with Gasteiger partial charge < -0.3 is 15.6 Å². The van der Waals surface area contributed by atoms with Gasteiger partial charge in [-0.3, -0.25) is 4.99 Å². The standard InChI is InChI=1S/C17H17N5/c1-2-4-12(5-3-1)10-16-21-14-7-6-13(11-15(14)22-16)20-17-18-8-9-19-17/h1-7,11H,8-10H2,(H,21,22)(H2,18,19,20). The molecular weight excluding hydrogens is 274 g/mol. The number of nitrogens with one attached hydrogen (secondary N) is 3. The summed E-state index contributed by atoms with van der Waals surface area (Å²) >= 11 is 0. The van der Waals surface area contributed by atoms with Gasteiger partial charge in [-0.25, -0.2) is 4.98 Å². The van der Waals surface area contributed by atoms with E-state index >= 15 is 0 Å². The second-order valence-corrected chi connectivity index (χ2v) is 5.36. The van der Waals surface area contributed by atoms with Crippen LogP contribution in [0.15, 0.2) is 53.5 Å². The Kier molecular flexibility index (Phi) is 3.23. The van der Waals surface area contributed by atoms with Gasteiger partial charge in [-0.05, 0) is 23.8 Å². The summed E-state index contributed by atoms with van der Waals surface area (Å²) in [5, 5.41) is 6.49. The Bertz CT molecular complexity index is 819. The molecule has 0 saturated carbocycles. The number of rotatable bonds is 3. The number of guanidine groups is 1. The molecule has 3 aromatic rings. The number of hydrogen-bond donors (Lipinski definition) is 3. The number of benzene rings is 2. The van der Waals surface area contributed by atoms with E-state index in [1.807, 2.05) is 18.2 Å². The van der Waals surface area contributed by atoms with Crippen molar-refractivity contribution in [2.45, 2.75) is 6.42 Å². The molecule has 0 fully saturated rings. The lowest BCUT2D eigenvalue weighted by molar-refractivity contribution is 0.959. The third-order valence-corrected chi connectivity index (χ3v) is 3.68. The summed E-state index contributed by atoms with van der Waals surface area (Å²) < 4.78 is 0. The van der Waals surface area contributed by atoms with Crippen molar-refractivity contribution in [3.05, 3.63) is 59.9 Å². The van der Waals surface area contributed by atoms with Crippen LogP contribution < -0.4 is 10.6 Å². The number of hydrogen-bond acceptors (Lipinski definition) is 4. The van der Waals surface area contributed by atoms with E-state index in [1.165, 1.54) is 5.56 Å². The normalized spacial score (nSPS) is 13.9. The van der Waals surface area contributed by atoms with Crippen LogP contribution in [0, 0.1) is 0 Å². The fourth-order valence-electron chi connectivity index (χ4n) is 2.63. The monoisotopic (exact) mass is 291 g/mol. The maximum atomic E-state index is 4.65. The third-order valence-electron chi connectivity index (χ3n) is 3.68. The first-order valence-corrected chi connectivity index (χ1v) is 7.45. The first kappa shape index (κ1) is 12.9. The zero-order chi connectivity index (χ0) is 14.8. The number of aromatic nitrogens is 2. The van der Waals surface area contributed by atoms with E-state index in [0.29, 0.717) is 0 Å². The number of aliphatic imine (C=N–C) groups is 1. The Morgan fingerprint density at radius 2 is 2.00 bits per heavy atom. The molecule has 1 aromatic heterocycles. The molecule has 0 amide bonds. The van der Waals surface area contributed by atoms with Crippen molar-refractivity contribution >= 4 is 22.7 Å². The summed E-state index contributed by atoms with van der Waals surface area (Å²) in [5.41, 5.74) is 4.28. The molecule has 2 aromatic carbocycles. The maximum Gasteiger partial charge on any atom is 0.195 e. The van der Waals surface area contributed by atoms with Crippen molar-refractivity contribution in [2.75, 3.05) is 18.4 Å². The van der Waals surface area contributed by atoms with Gasteiger partial charge in [-0.1, -0.05) is 30.3 Å². The minimum Gasteiger partial charge on any atom is -0.354 e. The maximum absolute atomic E-state index is 4.65. The topological polar surface area (TPSA) is 65.1 Å². The van der Waals surface area contributed by atoms with Crippen LogP contribution in [0.3, 0.4) is 0 Å². The van der Waals surface area contributed by atoms with E-state index in [4.69, 9.17) is 0 Å². The van der Waals surface area contributed by atoms with Gasteiger partial charge in [-0.2, -0.15) is 0 Å². The number of aromatic amines is 1. The van der Waals surface area contributed by atoms with Gasteiger partial charge in [0.05, 0.1) is 17.6 Å². The second kappa shape index (κ2) is 5.52. The lowest BCUT2D eigenvalue weighted by Gasteiger charge is -2.05. The Morgan fingerprint density at radius 1 is 1.09 bits per heavy atom. The molecule has 0 aliphatic carbocycles. The van der Waals surface area contributed by atoms with Crippen LogP contribution in [0.2, 0.25) is 0 Å². The Hall–Kier alpha value is -2.82. The molecule has 22 heavy (non-hydrogen) atoms. The smallest absolute Gasteiger partial charge is 0.195 e. The van der Waals surface area contributed by atoms with Gasteiger partial charge in [0.1, 0.15) is 5.82 Å². The molecule has 2 heterocycles. The minimum atomic E-state index is 0.812. The highest BCUT2D eigenvalue weighted by atomic mass is 15.2. The number of anilines is 1. The molecule has 110 valence electrons. The quantitative estimate of drug-likeness (QED) is 0.695. The van der Waals surface area contributed by atoms with E-state index in [0.717, 1.165) is 48.0 Å². The van der Waals surface area contributed by atoms with Gasteiger partial charge >= 0.3 is 0 Å². The SMILES string of the molecule is c1ccc(Cc2nc3ccc(NC4=NCCN4)cc3[nH]2)cc1. The molecule has 4 rings (SSSR count). The molecule has 0 bridgehead atoms. The first-order chi connectivity index (χ1) is 10.9. The van der Waals surface area contributed by atoms with E-state index in [2.05, 4.69) is 55.9 Å². The van der Waals surface area contributed by atoms with Crippen LogP contribution in [0.25, 0.3) is 11.0 Å². The predicted molar refractivity (Wildman–Crippen MR) is 89.3 cm³/mol. The second-order valence-electron chi connectivity index (χ2n) is 5.36. The average molecular weight is 291 g/mol. The molecule has 3 N–H and O–H groups in total. The first-order valence-electron chi connectivity index (χ1n) is 7.45. The van der Waals surface area contributed by atoms with E-state index in [1.54, 1.807) is 0 Å². The summed E-state index contributed by atoms with van der Waals surface area (Å²) in [6, 6.07) is 16.5. The van der Waals surface area contributed by atoms with Gasteiger partial charge in [0.2, 0.25) is 0 Å². The molecule has 0 radical (unpaired) electrons. The molecule has 5 nitrogen and oxygen atoms in total. The highest BCUT2D eigenvalue weighted by molar-refractivity contribution is 5.96. The van der Waals surface area contributed by atoms with Crippen molar-refractivity contribution in [2.24, 2.45) is 4.99 Å². The fraction of sp³-hybridized carbons (Fsp3) is 0.176. The van der Waals surface area contributed by atoms with Crippen molar-refractivity contribution in [1.82, 2.24) is 15.3 Å². The molecule has 0 saturated heterocycles. The zero-order valence-electron chi connectivity index (χ0n) is 12.1. The van der Waals surface area contributed by atoms with Crippen LogP contribution in [0.1, 0.15) is 11.4 Å². The van der Waals surface area contributed by atoms with Crippen molar-refractivity contribution in [1.29, 1.82) is 0 Å². The molecule has 0 atom stereocenters. The Balaban J connectivity index is 1.58. The molecule has 5 heteroatoms. The lowest BCUT2D eigenvalue weighted by atomic mass is 10.1. The third kappa shape index (κ3) is 2.65. The summed E-state index contributed by atoms with van der Waals surface area (Å²) in [4.78, 5) is 12.4. The van der Waals surface area contributed by atoms with Crippen molar-refractivity contribution < 1.29 is 0 Å². The zero-order valence-corrected chi connectivity index (χ0v) is 12.1. The number of nitrogens with zero attached hydrogens (tertiary/aromatic N) is 2. The van der Waals surface area contributed by atoms with Crippen LogP contribution >= 0.6 is 0 Å². The van der Waals surface area contributed by atoms with E-state index in [-0.39, 0.29) is 0 Å². The summed E-state index contributed by atoms with van der Waals surface area (Å²) in [6.07, 6.45) is 0.812. The largest absolute Gasteiger partial charge is 0.354 e. The van der Waals surface area contributed by atoms with Crippen LogP contribution in [0.4, 0.5) is 5.69 Å². The molecule has 0 spiro atoms. The summed E-state index contributed by atoms with van der Waals surface area (Å²) in [6.45, 7) is 1.73. The van der Waals surface area contributed by atoms with Crippen molar-refractivity contribution in [3.63, 3.8) is 0 Å². The van der Waals surface area contributed by atoms with Gasteiger partial charge in [0, 0.05) is 18.7 Å². The molecule has 0 unspecified atom stereocenters. The number of H-pyrrole nitrogens is 1.